The van der Waals surface area contributed by atoms with E-state index in [9.17, 15) is 4.79 Å². The fourth-order valence-electron chi connectivity index (χ4n) is 2.92. The van der Waals surface area contributed by atoms with Crippen molar-refractivity contribution in [1.82, 2.24) is 5.32 Å². The van der Waals surface area contributed by atoms with Crippen LogP contribution in [0.25, 0.3) is 6.08 Å². The van der Waals surface area contributed by atoms with Gasteiger partial charge in [0.25, 0.3) is 5.91 Å². The summed E-state index contributed by atoms with van der Waals surface area (Å²) >= 11 is 8.84. The van der Waals surface area contributed by atoms with Gasteiger partial charge in [-0.05, 0) is 76.0 Å². The van der Waals surface area contributed by atoms with E-state index in [1.807, 2.05) is 36.4 Å². The average molecular weight is 431 g/mol. The molecule has 2 aliphatic heterocycles. The number of carbonyl (C=O) groups excluding carboxylic acids is 1. The fourth-order valence-corrected chi connectivity index (χ4v) is 3.79. The first-order valence-corrected chi connectivity index (χ1v) is 9.32. The number of nitrogens with one attached hydrogen (secondary N) is 1. The number of halogens is 1. The first-order valence-electron chi connectivity index (χ1n) is 8.12. The van der Waals surface area contributed by atoms with Gasteiger partial charge in [0.1, 0.15) is 5.70 Å². The molecule has 0 spiro atoms. The molecule has 1 N–H and O–H groups in total. The molecular formula is C19H15BrN2O3S. The number of benzene rings is 2. The molecular weight excluding hydrogens is 416 g/mol. The number of fused-ring (bicyclic) bond motifs is 1. The molecule has 0 bridgehead atoms. The van der Waals surface area contributed by atoms with Gasteiger partial charge in [-0.25, -0.2) is 0 Å². The summed E-state index contributed by atoms with van der Waals surface area (Å²) in [5.74, 6) is 1.13. The van der Waals surface area contributed by atoms with E-state index < -0.39 is 0 Å². The summed E-state index contributed by atoms with van der Waals surface area (Å²) in [5.41, 5.74) is 3.14. The van der Waals surface area contributed by atoms with Gasteiger partial charge in [0.2, 0.25) is 6.79 Å². The van der Waals surface area contributed by atoms with Crippen LogP contribution in [-0.2, 0) is 11.2 Å². The first kappa shape index (κ1) is 17.1. The number of ether oxygens (including phenoxy) is 2. The summed E-state index contributed by atoms with van der Waals surface area (Å²) in [7, 11) is 0. The van der Waals surface area contributed by atoms with E-state index in [1.165, 1.54) is 4.90 Å². The predicted molar refractivity (Wildman–Crippen MR) is 107 cm³/mol. The Kier molecular flexibility index (Phi) is 4.42. The molecule has 26 heavy (non-hydrogen) atoms. The van der Waals surface area contributed by atoms with Gasteiger partial charge in [-0.3, -0.25) is 9.69 Å². The van der Waals surface area contributed by atoms with E-state index in [2.05, 4.69) is 28.2 Å². The molecule has 1 saturated heterocycles. The topological polar surface area (TPSA) is 50.8 Å². The van der Waals surface area contributed by atoms with E-state index in [1.54, 1.807) is 6.08 Å². The maximum Gasteiger partial charge on any atom is 0.281 e. The van der Waals surface area contributed by atoms with Crippen LogP contribution in [0.5, 0.6) is 11.5 Å². The van der Waals surface area contributed by atoms with Crippen LogP contribution < -0.4 is 19.7 Å². The lowest BCUT2D eigenvalue weighted by atomic mass is 10.1. The molecule has 4 rings (SSSR count). The standard InChI is InChI=1S/C19H15BrN2O3S/c1-2-11-4-3-5-13(6-11)22-18(23)15(21-19(22)26)8-12-7-14(20)17-16(9-12)24-10-25-17/h3-9H,2,10H2,1H3,(H,21,26)/b15-8+. The largest absolute Gasteiger partial charge is 0.454 e. The number of hydrogen-bond donors (Lipinski definition) is 1. The van der Waals surface area contributed by atoms with Crippen molar-refractivity contribution in [1.29, 1.82) is 0 Å². The molecule has 2 aromatic rings. The molecule has 2 aliphatic rings. The molecule has 0 aromatic heterocycles. The second-order valence-electron chi connectivity index (χ2n) is 5.89. The third kappa shape index (κ3) is 2.97. The number of amides is 1. The van der Waals surface area contributed by atoms with Crippen LogP contribution in [0.4, 0.5) is 5.69 Å². The highest BCUT2D eigenvalue weighted by Gasteiger charge is 2.32. The van der Waals surface area contributed by atoms with E-state index in [0.29, 0.717) is 22.3 Å². The Labute approximate surface area is 164 Å². The molecule has 2 heterocycles. The predicted octanol–water partition coefficient (Wildman–Crippen LogP) is 4.00. The monoisotopic (exact) mass is 430 g/mol. The van der Waals surface area contributed by atoms with E-state index in [4.69, 9.17) is 21.7 Å². The molecule has 0 atom stereocenters. The average Bonchev–Trinajstić information content (AvgIpc) is 3.20. The lowest BCUT2D eigenvalue weighted by Crippen LogP contribution is -2.30. The van der Waals surface area contributed by atoms with Crippen molar-refractivity contribution in [3.05, 3.63) is 57.7 Å². The summed E-state index contributed by atoms with van der Waals surface area (Å²) in [6.45, 7) is 2.26. The van der Waals surface area contributed by atoms with Crippen LogP contribution in [0.15, 0.2) is 46.6 Å². The Bertz CT molecular complexity index is 958. The summed E-state index contributed by atoms with van der Waals surface area (Å²) in [4.78, 5) is 14.4. The maximum absolute atomic E-state index is 12.9. The van der Waals surface area contributed by atoms with E-state index in [0.717, 1.165) is 27.7 Å². The highest BCUT2D eigenvalue weighted by molar-refractivity contribution is 9.10. The maximum atomic E-state index is 12.9. The van der Waals surface area contributed by atoms with Crippen LogP contribution in [0.1, 0.15) is 18.1 Å². The van der Waals surface area contributed by atoms with Crippen molar-refractivity contribution in [2.24, 2.45) is 0 Å². The Balaban J connectivity index is 1.67. The minimum atomic E-state index is -0.183. The van der Waals surface area contributed by atoms with Gasteiger partial charge in [0.15, 0.2) is 16.6 Å². The lowest BCUT2D eigenvalue weighted by molar-refractivity contribution is -0.113. The van der Waals surface area contributed by atoms with Crippen LogP contribution in [0.3, 0.4) is 0 Å². The smallest absolute Gasteiger partial charge is 0.281 e. The molecule has 1 amide bonds. The SMILES string of the molecule is CCc1cccc(N2C(=O)/C(=C\c3cc(Br)c4c(c3)OCO4)NC2=S)c1. The highest BCUT2D eigenvalue weighted by atomic mass is 79.9. The van der Waals surface area contributed by atoms with Gasteiger partial charge < -0.3 is 14.8 Å². The molecule has 7 heteroatoms. The number of rotatable bonds is 3. The zero-order chi connectivity index (χ0) is 18.3. The van der Waals surface area contributed by atoms with Crippen molar-refractivity contribution < 1.29 is 14.3 Å². The Morgan fingerprint density at radius 3 is 2.96 bits per heavy atom. The normalized spacial score (nSPS) is 17.2. The molecule has 0 unspecified atom stereocenters. The third-order valence-electron chi connectivity index (χ3n) is 4.22. The number of nitrogens with zero attached hydrogens (tertiary/aromatic N) is 1. The number of carbonyl (C=O) groups is 1. The summed E-state index contributed by atoms with van der Waals surface area (Å²) in [5, 5.41) is 3.38. The van der Waals surface area contributed by atoms with Crippen molar-refractivity contribution >= 4 is 50.9 Å². The number of aryl methyl sites for hydroxylation is 1. The van der Waals surface area contributed by atoms with Crippen LogP contribution in [0.2, 0.25) is 0 Å². The molecule has 0 radical (unpaired) electrons. The zero-order valence-electron chi connectivity index (χ0n) is 13.9. The van der Waals surface area contributed by atoms with Gasteiger partial charge >= 0.3 is 0 Å². The third-order valence-corrected chi connectivity index (χ3v) is 5.09. The summed E-state index contributed by atoms with van der Waals surface area (Å²) in [6, 6.07) is 11.5. The van der Waals surface area contributed by atoms with Crippen LogP contribution >= 0.6 is 28.1 Å². The molecule has 1 fully saturated rings. The minimum absolute atomic E-state index is 0.183. The summed E-state index contributed by atoms with van der Waals surface area (Å²) < 4.78 is 11.6. The quantitative estimate of drug-likeness (QED) is 0.588. The lowest BCUT2D eigenvalue weighted by Gasteiger charge is -2.14. The second-order valence-corrected chi connectivity index (χ2v) is 7.13. The Hall–Kier alpha value is -2.38. The minimum Gasteiger partial charge on any atom is -0.454 e. The van der Waals surface area contributed by atoms with Gasteiger partial charge in [-0.1, -0.05) is 19.1 Å². The van der Waals surface area contributed by atoms with Crippen molar-refractivity contribution in [3.63, 3.8) is 0 Å². The number of thiocarbonyl (C=S) groups is 1. The number of hydrogen-bond acceptors (Lipinski definition) is 4. The van der Waals surface area contributed by atoms with Gasteiger partial charge in [0.05, 0.1) is 10.2 Å². The van der Waals surface area contributed by atoms with Gasteiger partial charge in [0, 0.05) is 0 Å². The van der Waals surface area contributed by atoms with E-state index >= 15 is 0 Å². The van der Waals surface area contributed by atoms with Crippen LogP contribution in [0, 0.1) is 0 Å². The number of anilines is 1. The highest BCUT2D eigenvalue weighted by Crippen LogP contribution is 2.40. The fraction of sp³-hybridized carbons (Fsp3) is 0.158. The van der Waals surface area contributed by atoms with Crippen molar-refractivity contribution in [2.45, 2.75) is 13.3 Å². The van der Waals surface area contributed by atoms with E-state index in [-0.39, 0.29) is 12.7 Å². The van der Waals surface area contributed by atoms with Crippen LogP contribution in [-0.4, -0.2) is 17.8 Å². The zero-order valence-corrected chi connectivity index (χ0v) is 16.3. The molecule has 132 valence electrons. The first-order chi connectivity index (χ1) is 12.6. The second kappa shape index (κ2) is 6.74. The molecule has 2 aromatic carbocycles. The molecule has 0 aliphatic carbocycles. The Morgan fingerprint density at radius 1 is 1.31 bits per heavy atom. The van der Waals surface area contributed by atoms with Gasteiger partial charge in [-0.2, -0.15) is 0 Å². The molecule has 0 saturated carbocycles. The van der Waals surface area contributed by atoms with Crippen molar-refractivity contribution in [3.8, 4) is 11.5 Å². The molecule has 5 nitrogen and oxygen atoms in total. The van der Waals surface area contributed by atoms with Crippen molar-refractivity contribution in [2.75, 3.05) is 11.7 Å². The van der Waals surface area contributed by atoms with Gasteiger partial charge in [-0.15, -0.1) is 0 Å². The Morgan fingerprint density at radius 2 is 2.15 bits per heavy atom. The summed E-state index contributed by atoms with van der Waals surface area (Å²) in [6.07, 6.45) is 2.65.